The van der Waals surface area contributed by atoms with Gasteiger partial charge in [0.15, 0.2) is 0 Å². The summed E-state index contributed by atoms with van der Waals surface area (Å²) in [4.78, 5) is 12.9. The summed E-state index contributed by atoms with van der Waals surface area (Å²) in [5.74, 6) is 1.59. The molecule has 0 aromatic carbocycles. The lowest BCUT2D eigenvalue weighted by atomic mass is 9.41. The van der Waals surface area contributed by atoms with Crippen molar-refractivity contribution in [2.24, 2.45) is 50.7 Å². The number of hydrogen-bond donors (Lipinski definition) is 4. The molecule has 2 spiro atoms. The third kappa shape index (κ3) is 3.17. The van der Waals surface area contributed by atoms with Crippen LogP contribution in [0, 0.1) is 50.7 Å². The molecule has 5 rings (SSSR count). The fourth-order valence-electron chi connectivity index (χ4n) is 11.3. The van der Waals surface area contributed by atoms with Crippen molar-refractivity contribution in [3.05, 3.63) is 0 Å². The summed E-state index contributed by atoms with van der Waals surface area (Å²) in [6, 6.07) is 0. The number of hydrogen-bond acceptors (Lipinski definition) is 5. The molecule has 0 radical (unpaired) electrons. The van der Waals surface area contributed by atoms with Gasteiger partial charge in [0.2, 0.25) is 0 Å². The maximum Gasteiger partial charge on any atom is 0.138 e. The predicted octanol–water partition coefficient (Wildman–Crippen LogP) is 4.48. The van der Waals surface area contributed by atoms with Crippen LogP contribution in [0.5, 0.6) is 0 Å². The largest absolute Gasteiger partial charge is 0.393 e. The number of ketones is 1. The number of carbonyl (C=O) groups excluding carboxylic acids is 1. The molecule has 0 saturated heterocycles. The molecular formula is C30H50O5. The van der Waals surface area contributed by atoms with Gasteiger partial charge in [-0.1, -0.05) is 34.6 Å². The smallest absolute Gasteiger partial charge is 0.138 e. The first-order chi connectivity index (χ1) is 16.0. The highest BCUT2D eigenvalue weighted by molar-refractivity contribution is 5.86. The number of Topliss-reactive ketones (excluding diaryl/α,β-unsaturated/α-hetero) is 1. The van der Waals surface area contributed by atoms with Crippen molar-refractivity contribution < 1.29 is 25.2 Å². The van der Waals surface area contributed by atoms with E-state index in [9.17, 15) is 25.2 Å². The summed E-state index contributed by atoms with van der Waals surface area (Å²) < 4.78 is 0. The van der Waals surface area contributed by atoms with Crippen molar-refractivity contribution in [1.82, 2.24) is 0 Å². The average Bonchev–Trinajstić information content (AvgIpc) is 3.31. The van der Waals surface area contributed by atoms with Crippen molar-refractivity contribution in [3.8, 4) is 0 Å². The van der Waals surface area contributed by atoms with E-state index in [1.807, 2.05) is 0 Å². The van der Waals surface area contributed by atoms with Gasteiger partial charge in [0.1, 0.15) is 11.9 Å². The lowest BCUT2D eigenvalue weighted by Gasteiger charge is -2.64. The first kappa shape index (κ1) is 26.1. The lowest BCUT2D eigenvalue weighted by molar-refractivity contribution is -0.190. The standard InChI is InChI=1S/C30H50O5/c1-17(14-20(32)24(34)26(4,5)35)18-8-10-28(7)23-19(31)15-21-25(2,3)22(33)9-11-29(21)16-30(23,29)13-12-27(18,28)6/h17-21,23-24,31-32,34-35H,8-16H2,1-7H3/t17-,18-,19+,20?,21+,23+,24?,27-,28+,29-,30+/m1/s1. The van der Waals surface area contributed by atoms with Crippen molar-refractivity contribution >= 4 is 5.78 Å². The highest BCUT2D eigenvalue weighted by atomic mass is 16.4. The topological polar surface area (TPSA) is 98.0 Å². The van der Waals surface area contributed by atoms with Gasteiger partial charge >= 0.3 is 0 Å². The van der Waals surface area contributed by atoms with Crippen LogP contribution in [0.2, 0.25) is 0 Å². The summed E-state index contributed by atoms with van der Waals surface area (Å²) in [6.45, 7) is 14.4. The summed E-state index contributed by atoms with van der Waals surface area (Å²) >= 11 is 0. The maximum atomic E-state index is 12.9. The molecule has 4 N–H and O–H groups in total. The third-order valence-corrected chi connectivity index (χ3v) is 13.3. The Morgan fingerprint density at radius 2 is 1.66 bits per heavy atom. The van der Waals surface area contributed by atoms with E-state index in [1.165, 1.54) is 6.42 Å². The zero-order valence-corrected chi connectivity index (χ0v) is 23.1. The van der Waals surface area contributed by atoms with Crippen molar-refractivity contribution in [3.63, 3.8) is 0 Å². The summed E-state index contributed by atoms with van der Waals surface area (Å²) in [5.41, 5.74) is -1.16. The average molecular weight is 491 g/mol. The quantitative estimate of drug-likeness (QED) is 0.455. The van der Waals surface area contributed by atoms with Crippen LogP contribution < -0.4 is 0 Å². The van der Waals surface area contributed by atoms with E-state index in [0.717, 1.165) is 38.5 Å². The lowest BCUT2D eigenvalue weighted by Crippen LogP contribution is -2.61. The van der Waals surface area contributed by atoms with Gasteiger partial charge in [0.25, 0.3) is 0 Å². The molecule has 0 aromatic rings. The number of fused-ring (bicyclic) bond motifs is 2. The SMILES string of the molecule is C[C@H](CC(O)C(O)C(C)(C)O)[C@H]1CC[C@@]2(C)[C@@H]3[C@@H](O)C[C@H]4C(C)(C)C(=O)CC[C@@]45C[C@@]35CC[C@]12C. The van der Waals surface area contributed by atoms with Crippen molar-refractivity contribution in [2.45, 2.75) is 130 Å². The molecule has 0 bridgehead atoms. The highest BCUT2D eigenvalue weighted by Crippen LogP contribution is 2.88. The number of aliphatic hydroxyl groups excluding tert-OH is 3. The molecule has 5 heteroatoms. The second-order valence-electron chi connectivity index (χ2n) is 15.3. The summed E-state index contributed by atoms with van der Waals surface area (Å²) in [7, 11) is 0. The second-order valence-corrected chi connectivity index (χ2v) is 15.3. The fraction of sp³-hybridized carbons (Fsp3) is 0.967. The van der Waals surface area contributed by atoms with Crippen LogP contribution in [0.25, 0.3) is 0 Å². The molecule has 35 heavy (non-hydrogen) atoms. The van der Waals surface area contributed by atoms with Crippen molar-refractivity contribution in [2.75, 3.05) is 0 Å². The first-order valence-corrected chi connectivity index (χ1v) is 14.3. The van der Waals surface area contributed by atoms with E-state index in [4.69, 9.17) is 0 Å². The first-order valence-electron chi connectivity index (χ1n) is 14.3. The number of rotatable bonds is 5. The molecule has 0 aliphatic heterocycles. The molecule has 0 aromatic heterocycles. The number of aliphatic hydroxyl groups is 4. The highest BCUT2D eigenvalue weighted by Gasteiger charge is 2.83. The minimum atomic E-state index is -1.33. The van der Waals surface area contributed by atoms with Gasteiger partial charge in [-0.2, -0.15) is 0 Å². The monoisotopic (exact) mass is 490 g/mol. The molecule has 5 aliphatic carbocycles. The Morgan fingerprint density at radius 3 is 2.29 bits per heavy atom. The fourth-order valence-corrected chi connectivity index (χ4v) is 11.3. The molecule has 11 atom stereocenters. The molecule has 5 aliphatic rings. The predicted molar refractivity (Wildman–Crippen MR) is 135 cm³/mol. The zero-order valence-electron chi connectivity index (χ0n) is 23.1. The molecule has 0 heterocycles. The Bertz CT molecular complexity index is 892. The van der Waals surface area contributed by atoms with Gasteiger partial charge in [0.05, 0.1) is 17.8 Å². The van der Waals surface area contributed by atoms with Gasteiger partial charge in [0, 0.05) is 11.8 Å². The summed E-state index contributed by atoms with van der Waals surface area (Å²) in [6.07, 6.45) is 6.09. The van der Waals surface area contributed by atoms with Crippen LogP contribution in [0.15, 0.2) is 0 Å². The van der Waals surface area contributed by atoms with Gasteiger partial charge < -0.3 is 20.4 Å². The second kappa shape index (κ2) is 7.55. The molecule has 2 unspecified atom stereocenters. The van der Waals surface area contributed by atoms with Gasteiger partial charge in [-0.05, 0) is 111 Å². The molecule has 200 valence electrons. The number of carbonyl (C=O) groups is 1. The Balaban J connectivity index is 1.42. The van der Waals surface area contributed by atoms with Crippen LogP contribution in [0.4, 0.5) is 0 Å². The van der Waals surface area contributed by atoms with Crippen LogP contribution in [-0.4, -0.2) is 50.1 Å². The van der Waals surface area contributed by atoms with E-state index in [2.05, 4.69) is 34.6 Å². The van der Waals surface area contributed by atoms with Crippen LogP contribution in [-0.2, 0) is 4.79 Å². The minimum Gasteiger partial charge on any atom is -0.393 e. The summed E-state index contributed by atoms with van der Waals surface area (Å²) in [5, 5.41) is 43.2. The molecular weight excluding hydrogens is 440 g/mol. The van der Waals surface area contributed by atoms with Crippen LogP contribution >= 0.6 is 0 Å². The van der Waals surface area contributed by atoms with Crippen molar-refractivity contribution in [1.29, 1.82) is 0 Å². The van der Waals surface area contributed by atoms with E-state index in [0.29, 0.717) is 30.5 Å². The maximum absolute atomic E-state index is 12.9. The molecule has 5 fully saturated rings. The van der Waals surface area contributed by atoms with Gasteiger partial charge in [-0.25, -0.2) is 0 Å². The van der Waals surface area contributed by atoms with E-state index >= 15 is 0 Å². The Labute approximate surface area is 212 Å². The minimum absolute atomic E-state index is 0.0312. The van der Waals surface area contributed by atoms with Crippen LogP contribution in [0.1, 0.15) is 106 Å². The Morgan fingerprint density at radius 1 is 1.00 bits per heavy atom. The Hall–Kier alpha value is -0.490. The van der Waals surface area contributed by atoms with E-state index in [1.54, 1.807) is 13.8 Å². The van der Waals surface area contributed by atoms with Gasteiger partial charge in [-0.3, -0.25) is 4.79 Å². The molecule has 5 nitrogen and oxygen atoms in total. The molecule has 0 amide bonds. The Kier molecular flexibility index (Phi) is 5.63. The normalized spacial score (nSPS) is 50.9. The molecule has 5 saturated carbocycles. The third-order valence-electron chi connectivity index (χ3n) is 13.3. The zero-order chi connectivity index (χ0) is 26.0. The van der Waals surface area contributed by atoms with E-state index in [-0.39, 0.29) is 45.0 Å². The van der Waals surface area contributed by atoms with Crippen LogP contribution in [0.3, 0.4) is 0 Å². The van der Waals surface area contributed by atoms with E-state index < -0.39 is 17.8 Å². The van der Waals surface area contributed by atoms with Gasteiger partial charge in [-0.15, -0.1) is 0 Å².